The minimum Gasteiger partial charge on any atom is -0.304 e. The van der Waals surface area contributed by atoms with Crippen LogP contribution in [0.15, 0.2) is 54.9 Å². The van der Waals surface area contributed by atoms with Gasteiger partial charge in [0.15, 0.2) is 0 Å². The molecule has 16 heavy (non-hydrogen) atoms. The Morgan fingerprint density at radius 3 is 2.31 bits per heavy atom. The lowest BCUT2D eigenvalue weighted by Gasteiger charge is -2.44. The smallest absolute Gasteiger partial charge is 0.0717 e. The van der Waals surface area contributed by atoms with Gasteiger partial charge in [0, 0.05) is 12.4 Å². The second-order valence-corrected chi connectivity index (χ2v) is 4.19. The van der Waals surface area contributed by atoms with Crippen LogP contribution in [-0.4, -0.2) is 11.5 Å². The lowest BCUT2D eigenvalue weighted by molar-refractivity contribution is 0.265. The van der Waals surface area contributed by atoms with Crippen LogP contribution in [0.1, 0.15) is 17.5 Å². The summed E-state index contributed by atoms with van der Waals surface area (Å²) < 4.78 is 0. The highest BCUT2D eigenvalue weighted by atomic mass is 15.1. The Kier molecular flexibility index (Phi) is 2.22. The highest BCUT2D eigenvalue weighted by molar-refractivity contribution is 5.39. The maximum atomic E-state index is 4.22. The Hall–Kier alpha value is -1.67. The summed E-state index contributed by atoms with van der Waals surface area (Å²) in [6, 6.07) is 14.7. The van der Waals surface area contributed by atoms with E-state index < -0.39 is 0 Å². The van der Waals surface area contributed by atoms with Crippen LogP contribution in [0.5, 0.6) is 0 Å². The highest BCUT2D eigenvalue weighted by Gasteiger charge is 2.39. The van der Waals surface area contributed by atoms with E-state index in [2.05, 4.69) is 46.7 Å². The van der Waals surface area contributed by atoms with Gasteiger partial charge in [-0.2, -0.15) is 0 Å². The molecule has 0 bridgehead atoms. The summed E-state index contributed by atoms with van der Waals surface area (Å²) in [6.45, 7) is 1.07. The van der Waals surface area contributed by atoms with Gasteiger partial charge in [0.25, 0.3) is 0 Å². The molecule has 1 atom stereocenters. The lowest BCUT2D eigenvalue weighted by atomic mass is 9.76. The van der Waals surface area contributed by atoms with Crippen molar-refractivity contribution in [1.82, 2.24) is 10.3 Å². The molecule has 80 valence electrons. The number of nitrogens with one attached hydrogen (secondary N) is 1. The third kappa shape index (κ3) is 1.34. The van der Waals surface area contributed by atoms with Crippen LogP contribution in [0.4, 0.5) is 0 Å². The summed E-state index contributed by atoms with van der Waals surface area (Å²) in [5, 5.41) is 3.55. The summed E-state index contributed by atoms with van der Waals surface area (Å²) in [7, 11) is 0. The molecule has 1 saturated heterocycles. The molecule has 0 aliphatic carbocycles. The zero-order valence-corrected chi connectivity index (χ0v) is 9.06. The van der Waals surface area contributed by atoms with Gasteiger partial charge in [-0.1, -0.05) is 36.4 Å². The fourth-order valence-electron chi connectivity index (χ4n) is 2.37. The summed E-state index contributed by atoms with van der Waals surface area (Å²) in [5.74, 6) is 0. The maximum Gasteiger partial charge on any atom is 0.0717 e. The second-order valence-electron chi connectivity index (χ2n) is 4.19. The van der Waals surface area contributed by atoms with E-state index in [-0.39, 0.29) is 5.54 Å². The molecule has 2 heterocycles. The molecule has 1 aliphatic heterocycles. The SMILES string of the molecule is c1ccc(C2(c3cccnc3)CCN2)cc1. The van der Waals surface area contributed by atoms with Gasteiger partial charge in [-0.05, 0) is 30.2 Å². The van der Waals surface area contributed by atoms with Gasteiger partial charge in [0.1, 0.15) is 0 Å². The number of hydrogen-bond donors (Lipinski definition) is 1. The van der Waals surface area contributed by atoms with Crippen LogP contribution < -0.4 is 5.32 Å². The van der Waals surface area contributed by atoms with Gasteiger partial charge in [-0.25, -0.2) is 0 Å². The van der Waals surface area contributed by atoms with Crippen molar-refractivity contribution in [2.24, 2.45) is 0 Å². The van der Waals surface area contributed by atoms with Crippen LogP contribution in [0, 0.1) is 0 Å². The largest absolute Gasteiger partial charge is 0.304 e. The van der Waals surface area contributed by atoms with Crippen LogP contribution in [-0.2, 0) is 5.54 Å². The molecule has 0 amide bonds. The van der Waals surface area contributed by atoms with Crippen LogP contribution in [0.25, 0.3) is 0 Å². The van der Waals surface area contributed by atoms with E-state index in [1.807, 2.05) is 18.5 Å². The first-order valence-electron chi connectivity index (χ1n) is 5.63. The van der Waals surface area contributed by atoms with Gasteiger partial charge >= 0.3 is 0 Å². The number of rotatable bonds is 2. The summed E-state index contributed by atoms with van der Waals surface area (Å²) >= 11 is 0. The zero-order chi connectivity index (χ0) is 10.8. The van der Waals surface area contributed by atoms with E-state index in [4.69, 9.17) is 0 Å². The number of benzene rings is 1. The normalized spacial score (nSPS) is 23.8. The van der Waals surface area contributed by atoms with E-state index >= 15 is 0 Å². The van der Waals surface area contributed by atoms with Crippen LogP contribution in [0.3, 0.4) is 0 Å². The molecule has 1 fully saturated rings. The first-order chi connectivity index (χ1) is 7.92. The molecule has 0 spiro atoms. The average molecular weight is 210 g/mol. The number of hydrogen-bond acceptors (Lipinski definition) is 2. The Labute approximate surface area is 95.3 Å². The number of aromatic nitrogens is 1. The minimum absolute atomic E-state index is 0.00444. The lowest BCUT2D eigenvalue weighted by Crippen LogP contribution is -2.54. The Balaban J connectivity index is 2.08. The fraction of sp³-hybridized carbons (Fsp3) is 0.214. The van der Waals surface area contributed by atoms with E-state index in [0.717, 1.165) is 13.0 Å². The molecule has 1 N–H and O–H groups in total. The van der Waals surface area contributed by atoms with E-state index in [0.29, 0.717) is 0 Å². The molecule has 1 aliphatic rings. The molecule has 0 radical (unpaired) electrons. The molecule has 3 rings (SSSR count). The number of nitrogens with zero attached hydrogens (tertiary/aromatic N) is 1. The predicted octanol–water partition coefficient (Wildman–Crippen LogP) is 2.32. The van der Waals surface area contributed by atoms with Crippen molar-refractivity contribution in [1.29, 1.82) is 0 Å². The van der Waals surface area contributed by atoms with Crippen LogP contribution >= 0.6 is 0 Å². The van der Waals surface area contributed by atoms with Gasteiger partial charge in [0.05, 0.1) is 5.54 Å². The predicted molar refractivity (Wildman–Crippen MR) is 64.1 cm³/mol. The summed E-state index contributed by atoms with van der Waals surface area (Å²) in [5.41, 5.74) is 2.58. The standard InChI is InChI=1S/C14H14N2/c1-2-5-12(6-3-1)14(8-10-16-14)13-7-4-9-15-11-13/h1-7,9,11,16H,8,10H2. The van der Waals surface area contributed by atoms with Crippen LogP contribution in [0.2, 0.25) is 0 Å². The van der Waals surface area contributed by atoms with Crippen molar-refractivity contribution in [3.8, 4) is 0 Å². The molecule has 1 aromatic carbocycles. The first-order valence-corrected chi connectivity index (χ1v) is 5.63. The topological polar surface area (TPSA) is 24.9 Å². The molecule has 2 nitrogen and oxygen atoms in total. The van der Waals surface area contributed by atoms with Crippen molar-refractivity contribution in [3.05, 3.63) is 66.0 Å². The third-order valence-corrected chi connectivity index (χ3v) is 3.35. The molecule has 1 unspecified atom stereocenters. The van der Waals surface area contributed by atoms with Gasteiger partial charge in [-0.15, -0.1) is 0 Å². The minimum atomic E-state index is -0.00444. The highest BCUT2D eigenvalue weighted by Crippen LogP contribution is 2.37. The molecule has 0 saturated carbocycles. The van der Waals surface area contributed by atoms with Gasteiger partial charge < -0.3 is 5.32 Å². The Morgan fingerprint density at radius 2 is 1.75 bits per heavy atom. The maximum absolute atomic E-state index is 4.22. The molecule has 2 aromatic rings. The van der Waals surface area contributed by atoms with Crippen molar-refractivity contribution in [2.45, 2.75) is 12.0 Å². The van der Waals surface area contributed by atoms with E-state index in [9.17, 15) is 0 Å². The molecular formula is C14H14N2. The Morgan fingerprint density at radius 1 is 1.00 bits per heavy atom. The first kappa shape index (κ1) is 9.55. The zero-order valence-electron chi connectivity index (χ0n) is 9.06. The van der Waals surface area contributed by atoms with Crippen molar-refractivity contribution in [3.63, 3.8) is 0 Å². The summed E-state index contributed by atoms with van der Waals surface area (Å²) in [6.07, 6.45) is 4.92. The molecular weight excluding hydrogens is 196 g/mol. The van der Waals surface area contributed by atoms with Crippen molar-refractivity contribution < 1.29 is 0 Å². The Bertz CT molecular complexity index is 419. The second kappa shape index (κ2) is 3.72. The van der Waals surface area contributed by atoms with E-state index in [1.165, 1.54) is 11.1 Å². The summed E-state index contributed by atoms with van der Waals surface area (Å²) in [4.78, 5) is 4.22. The fourth-order valence-corrected chi connectivity index (χ4v) is 2.37. The molecule has 1 aromatic heterocycles. The third-order valence-electron chi connectivity index (χ3n) is 3.35. The average Bonchev–Trinajstić information content (AvgIpc) is 2.31. The monoisotopic (exact) mass is 210 g/mol. The quantitative estimate of drug-likeness (QED) is 0.822. The number of pyridine rings is 1. The molecule has 2 heteroatoms. The van der Waals surface area contributed by atoms with E-state index in [1.54, 1.807) is 0 Å². The van der Waals surface area contributed by atoms with Gasteiger partial charge in [0.2, 0.25) is 0 Å². The van der Waals surface area contributed by atoms with Gasteiger partial charge in [-0.3, -0.25) is 4.98 Å². The van der Waals surface area contributed by atoms with Crippen molar-refractivity contribution in [2.75, 3.05) is 6.54 Å². The van der Waals surface area contributed by atoms with Crippen molar-refractivity contribution >= 4 is 0 Å².